The molecule has 29 heavy (non-hydrogen) atoms. The maximum atomic E-state index is 12.9. The van der Waals surface area contributed by atoms with Crippen molar-refractivity contribution in [3.63, 3.8) is 0 Å². The molecule has 0 bridgehead atoms. The van der Waals surface area contributed by atoms with Crippen LogP contribution in [0.2, 0.25) is 10.0 Å². The number of H-pyrrole nitrogens is 1. The largest absolute Gasteiger partial charge is 0.354 e. The summed E-state index contributed by atoms with van der Waals surface area (Å²) in [6.07, 6.45) is 0. The van der Waals surface area contributed by atoms with Crippen molar-refractivity contribution in [2.75, 3.05) is 4.72 Å². The van der Waals surface area contributed by atoms with E-state index >= 15 is 0 Å². The second kappa shape index (κ2) is 8.20. The fraction of sp³-hybridized carbons (Fsp3) is 0.150. The van der Waals surface area contributed by atoms with Crippen molar-refractivity contribution in [1.82, 2.24) is 4.98 Å². The van der Waals surface area contributed by atoms with E-state index in [2.05, 4.69) is 9.71 Å². The third-order valence-electron chi connectivity index (χ3n) is 4.64. The van der Waals surface area contributed by atoms with Crippen molar-refractivity contribution in [2.24, 2.45) is 5.14 Å². The van der Waals surface area contributed by atoms with Crippen molar-refractivity contribution in [1.29, 1.82) is 0 Å². The Balaban J connectivity index is 1.90. The minimum atomic E-state index is -3.83. The highest BCUT2D eigenvalue weighted by molar-refractivity contribution is 7.90. The summed E-state index contributed by atoms with van der Waals surface area (Å²) in [6, 6.07) is 13.4. The van der Waals surface area contributed by atoms with Gasteiger partial charge in [-0.25, -0.2) is 5.14 Å². The van der Waals surface area contributed by atoms with E-state index in [0.29, 0.717) is 38.2 Å². The molecule has 3 aromatic rings. The predicted molar refractivity (Wildman–Crippen MR) is 116 cm³/mol. The number of carbonyl (C=O) groups is 1. The molecule has 4 N–H and O–H groups in total. The van der Waals surface area contributed by atoms with E-state index in [4.69, 9.17) is 28.3 Å². The Morgan fingerprint density at radius 1 is 1.07 bits per heavy atom. The van der Waals surface area contributed by atoms with Crippen LogP contribution in [0.3, 0.4) is 0 Å². The minimum Gasteiger partial charge on any atom is -0.354 e. The average Bonchev–Trinajstić information content (AvgIpc) is 2.96. The molecular weight excluding hydrogens is 433 g/mol. The number of benzene rings is 2. The lowest BCUT2D eigenvalue weighted by Gasteiger charge is -2.12. The van der Waals surface area contributed by atoms with Gasteiger partial charge in [0, 0.05) is 27.9 Å². The van der Waals surface area contributed by atoms with Gasteiger partial charge in [-0.1, -0.05) is 42.3 Å². The molecule has 2 aromatic carbocycles. The van der Waals surface area contributed by atoms with Crippen LogP contribution in [0.15, 0.2) is 48.5 Å². The van der Waals surface area contributed by atoms with Gasteiger partial charge >= 0.3 is 0 Å². The molecule has 152 valence electrons. The van der Waals surface area contributed by atoms with Crippen LogP contribution in [0.25, 0.3) is 0 Å². The Labute approximate surface area is 179 Å². The first-order valence-electron chi connectivity index (χ1n) is 8.65. The maximum absolute atomic E-state index is 12.9. The molecule has 0 spiro atoms. The molecule has 0 saturated heterocycles. The van der Waals surface area contributed by atoms with E-state index in [1.165, 1.54) is 0 Å². The number of hydrogen-bond acceptors (Lipinski definition) is 3. The van der Waals surface area contributed by atoms with E-state index in [1.807, 2.05) is 6.92 Å². The lowest BCUT2D eigenvalue weighted by molar-refractivity contribution is 0.103. The highest BCUT2D eigenvalue weighted by Crippen LogP contribution is 2.34. The number of halogens is 2. The van der Waals surface area contributed by atoms with Gasteiger partial charge < -0.3 is 4.98 Å². The fourth-order valence-corrected chi connectivity index (χ4v) is 3.93. The normalized spacial score (nSPS) is 12.6. The van der Waals surface area contributed by atoms with Gasteiger partial charge in [0.1, 0.15) is 0 Å². The van der Waals surface area contributed by atoms with Crippen LogP contribution < -0.4 is 9.86 Å². The van der Waals surface area contributed by atoms with Crippen molar-refractivity contribution in [3.05, 3.63) is 86.7 Å². The van der Waals surface area contributed by atoms with Crippen LogP contribution in [-0.2, 0) is 10.2 Å². The summed E-state index contributed by atoms with van der Waals surface area (Å²) in [5.41, 5.74) is 3.55. The predicted octanol–water partition coefficient (Wildman–Crippen LogP) is 4.63. The number of rotatable bonds is 6. The zero-order chi connectivity index (χ0) is 21.3. The summed E-state index contributed by atoms with van der Waals surface area (Å²) < 4.78 is 24.5. The highest BCUT2D eigenvalue weighted by Gasteiger charge is 2.23. The van der Waals surface area contributed by atoms with Crippen LogP contribution in [0.5, 0.6) is 0 Å². The summed E-state index contributed by atoms with van der Waals surface area (Å²) in [6.45, 7) is 3.73. The quantitative estimate of drug-likeness (QED) is 0.475. The number of ketones is 1. The zero-order valence-electron chi connectivity index (χ0n) is 15.7. The van der Waals surface area contributed by atoms with Gasteiger partial charge in [0.15, 0.2) is 0 Å². The van der Waals surface area contributed by atoms with Gasteiger partial charge in [0.2, 0.25) is 5.78 Å². The lowest BCUT2D eigenvalue weighted by atomic mass is 9.97. The second-order valence-corrected chi connectivity index (χ2v) is 8.79. The maximum Gasteiger partial charge on any atom is 0.296 e. The average molecular weight is 452 g/mol. The number of anilines is 1. The van der Waals surface area contributed by atoms with Gasteiger partial charge in [0.25, 0.3) is 10.2 Å². The molecule has 1 aromatic heterocycles. The van der Waals surface area contributed by atoms with E-state index < -0.39 is 10.2 Å². The third kappa shape index (κ3) is 4.82. The van der Waals surface area contributed by atoms with Crippen molar-refractivity contribution in [3.8, 4) is 0 Å². The number of nitrogens with two attached hydrogens (primary N) is 1. The summed E-state index contributed by atoms with van der Waals surface area (Å²) in [5, 5.41) is 6.02. The molecule has 0 radical (unpaired) electrons. The van der Waals surface area contributed by atoms with Crippen molar-refractivity contribution >= 4 is 44.9 Å². The molecule has 0 amide bonds. The van der Waals surface area contributed by atoms with Gasteiger partial charge in [-0.05, 0) is 54.4 Å². The summed E-state index contributed by atoms with van der Waals surface area (Å²) in [5.74, 6) is -0.330. The van der Waals surface area contributed by atoms with Gasteiger partial charge in [-0.15, -0.1) is 0 Å². The Bertz CT molecular complexity index is 1150. The van der Waals surface area contributed by atoms with Crippen LogP contribution in [0, 0.1) is 6.92 Å². The van der Waals surface area contributed by atoms with Crippen molar-refractivity contribution in [2.45, 2.75) is 19.8 Å². The summed E-state index contributed by atoms with van der Waals surface area (Å²) in [7, 11) is -3.83. The standard InChI is InChI=1S/C20H19Cl2N3O3S/c1-11(13-5-9-16(10-6-13)25-29(23,27)28)18-17(22)12(2)19(24-18)20(26)14-3-7-15(21)8-4-14/h3-11,24-25H,1-2H3,(H2,23,27,28). The molecule has 1 heterocycles. The van der Waals surface area contributed by atoms with E-state index in [1.54, 1.807) is 55.5 Å². The Morgan fingerprint density at radius 2 is 1.66 bits per heavy atom. The molecule has 0 saturated carbocycles. The molecule has 3 rings (SSSR count). The Morgan fingerprint density at radius 3 is 2.21 bits per heavy atom. The zero-order valence-corrected chi connectivity index (χ0v) is 18.0. The van der Waals surface area contributed by atoms with Gasteiger partial charge in [-0.2, -0.15) is 8.42 Å². The SMILES string of the molecule is Cc1c(C(=O)c2ccc(Cl)cc2)[nH]c(C(C)c2ccc(NS(N)(=O)=O)cc2)c1Cl. The highest BCUT2D eigenvalue weighted by atomic mass is 35.5. The monoisotopic (exact) mass is 451 g/mol. The topological polar surface area (TPSA) is 105 Å². The fourth-order valence-electron chi connectivity index (χ4n) is 3.04. The number of nitrogens with one attached hydrogen (secondary N) is 2. The van der Waals surface area contributed by atoms with Gasteiger partial charge in [-0.3, -0.25) is 9.52 Å². The van der Waals surface area contributed by atoms with Crippen LogP contribution in [0.4, 0.5) is 5.69 Å². The first-order chi connectivity index (χ1) is 13.6. The molecular formula is C20H19Cl2N3O3S. The first-order valence-corrected chi connectivity index (χ1v) is 11.0. The van der Waals surface area contributed by atoms with Gasteiger partial charge in [0.05, 0.1) is 10.7 Å². The summed E-state index contributed by atoms with van der Waals surface area (Å²) >= 11 is 12.4. The van der Waals surface area contributed by atoms with Crippen LogP contribution in [-0.4, -0.2) is 19.2 Å². The Hall–Kier alpha value is -2.32. The van der Waals surface area contributed by atoms with Crippen LogP contribution >= 0.6 is 23.2 Å². The number of aromatic nitrogens is 1. The molecule has 6 nitrogen and oxygen atoms in total. The number of aromatic amines is 1. The van der Waals surface area contributed by atoms with E-state index in [-0.39, 0.29) is 11.7 Å². The van der Waals surface area contributed by atoms with E-state index in [0.717, 1.165) is 5.56 Å². The molecule has 0 aliphatic rings. The molecule has 1 unspecified atom stereocenters. The minimum absolute atomic E-state index is 0.156. The molecule has 0 aliphatic heterocycles. The Kier molecular flexibility index (Phi) is 6.05. The first kappa shape index (κ1) is 21.4. The molecule has 0 fully saturated rings. The smallest absolute Gasteiger partial charge is 0.296 e. The van der Waals surface area contributed by atoms with Crippen molar-refractivity contribution < 1.29 is 13.2 Å². The second-order valence-electron chi connectivity index (χ2n) is 6.68. The third-order valence-corrected chi connectivity index (χ3v) is 5.90. The number of carbonyl (C=O) groups excluding carboxylic acids is 1. The molecule has 0 aliphatic carbocycles. The van der Waals surface area contributed by atoms with E-state index in [9.17, 15) is 13.2 Å². The number of hydrogen-bond donors (Lipinski definition) is 3. The molecule has 9 heteroatoms. The van der Waals surface area contributed by atoms with Crippen LogP contribution in [0.1, 0.15) is 45.7 Å². The lowest BCUT2D eigenvalue weighted by Crippen LogP contribution is -2.21. The summed E-state index contributed by atoms with van der Waals surface area (Å²) in [4.78, 5) is 16.0. The molecule has 1 atom stereocenters.